The fraction of sp³-hybridized carbons (Fsp3) is 0.130. The average Bonchev–Trinajstić information content (AvgIpc) is 3.99. The molecule has 0 aliphatic heterocycles. The van der Waals surface area contributed by atoms with Gasteiger partial charge in [0.25, 0.3) is 5.70 Å². The number of aliphatic carboxylic acids is 1. The van der Waals surface area contributed by atoms with Crippen LogP contribution in [0.15, 0.2) is 139 Å². The van der Waals surface area contributed by atoms with E-state index in [4.69, 9.17) is 6.57 Å². The number of para-hydroxylation sites is 2. The molecule has 3 aromatic heterocycles. The highest BCUT2D eigenvalue weighted by molar-refractivity contribution is 7.18. The molecule has 260 valence electrons. The van der Waals surface area contributed by atoms with Crippen molar-refractivity contribution in [3.05, 3.63) is 167 Å². The van der Waals surface area contributed by atoms with Crippen molar-refractivity contribution in [2.75, 3.05) is 4.90 Å². The normalized spacial score (nSPS) is 13.0. The van der Waals surface area contributed by atoms with Crippen molar-refractivity contribution in [3.63, 3.8) is 0 Å². The summed E-state index contributed by atoms with van der Waals surface area (Å²) in [7, 11) is 2.07. The molecule has 8 rings (SSSR count). The van der Waals surface area contributed by atoms with Crippen LogP contribution in [0.1, 0.15) is 42.7 Å². The molecule has 0 unspecified atom stereocenters. The van der Waals surface area contributed by atoms with Crippen LogP contribution in [0, 0.1) is 6.57 Å². The first-order chi connectivity index (χ1) is 25.8. The van der Waals surface area contributed by atoms with E-state index in [0.717, 1.165) is 51.0 Å². The number of hydrogen-bond donors (Lipinski definition) is 1. The van der Waals surface area contributed by atoms with Crippen LogP contribution >= 0.6 is 22.7 Å². The molecule has 0 saturated heterocycles. The predicted octanol–water partition coefficient (Wildman–Crippen LogP) is 13.1. The van der Waals surface area contributed by atoms with Crippen molar-refractivity contribution in [3.8, 4) is 42.7 Å². The summed E-state index contributed by atoms with van der Waals surface area (Å²) in [5, 5.41) is 9.27. The lowest BCUT2D eigenvalue weighted by molar-refractivity contribution is -0.132. The lowest BCUT2D eigenvalue weighted by Gasteiger charge is -2.32. The fourth-order valence-corrected chi connectivity index (χ4v) is 9.94. The Morgan fingerprint density at radius 1 is 0.717 bits per heavy atom. The van der Waals surface area contributed by atoms with E-state index >= 15 is 0 Å². The lowest BCUT2D eigenvalue weighted by Crippen LogP contribution is -2.23. The Balaban J connectivity index is 1.13. The Labute approximate surface area is 318 Å². The number of fused-ring (bicyclic) bond motifs is 3. The number of nitrogens with zero attached hydrogens (tertiary/aromatic N) is 3. The van der Waals surface area contributed by atoms with E-state index in [1.807, 2.05) is 12.1 Å². The number of benzene rings is 4. The third kappa shape index (κ3) is 5.90. The molecule has 5 nitrogen and oxygen atoms in total. The number of carboxylic acid groups (broad SMARTS) is 1. The van der Waals surface area contributed by atoms with E-state index in [-0.39, 0.29) is 11.1 Å². The molecule has 53 heavy (non-hydrogen) atoms. The van der Waals surface area contributed by atoms with Crippen LogP contribution in [0.4, 0.5) is 17.1 Å². The fourth-order valence-electron chi connectivity index (χ4n) is 7.87. The second-order valence-electron chi connectivity index (χ2n) is 13.3. The smallest absolute Gasteiger partial charge is 0.333 e. The maximum absolute atomic E-state index is 11.3. The van der Waals surface area contributed by atoms with Gasteiger partial charge in [0.05, 0.1) is 27.7 Å². The van der Waals surface area contributed by atoms with E-state index in [1.54, 1.807) is 11.3 Å². The number of carbonyl (C=O) groups is 1. The molecule has 0 fully saturated rings. The van der Waals surface area contributed by atoms with Crippen LogP contribution in [0.2, 0.25) is 0 Å². The first-order valence-corrected chi connectivity index (χ1v) is 19.4. The second kappa shape index (κ2) is 13.9. The molecular formula is C46H37N3O2S2. The van der Waals surface area contributed by atoms with Crippen molar-refractivity contribution in [1.82, 2.24) is 4.57 Å². The van der Waals surface area contributed by atoms with Crippen molar-refractivity contribution in [1.29, 1.82) is 0 Å². The first-order valence-electron chi connectivity index (χ1n) is 17.7. The van der Waals surface area contributed by atoms with Crippen molar-refractivity contribution in [2.24, 2.45) is 7.05 Å². The van der Waals surface area contributed by atoms with E-state index in [2.05, 4.69) is 157 Å². The van der Waals surface area contributed by atoms with E-state index in [9.17, 15) is 9.90 Å². The van der Waals surface area contributed by atoms with Gasteiger partial charge >= 0.3 is 5.97 Å². The third-order valence-electron chi connectivity index (χ3n) is 10.6. The van der Waals surface area contributed by atoms with Gasteiger partial charge in [0.2, 0.25) is 0 Å². The maximum Gasteiger partial charge on any atom is 0.333 e. The number of rotatable bonds is 10. The van der Waals surface area contributed by atoms with E-state index in [0.29, 0.717) is 0 Å². The van der Waals surface area contributed by atoms with Crippen LogP contribution in [0.25, 0.3) is 53.6 Å². The molecule has 0 atom stereocenters. The van der Waals surface area contributed by atoms with Crippen LogP contribution < -0.4 is 4.90 Å². The van der Waals surface area contributed by atoms with Crippen LogP contribution in [-0.4, -0.2) is 15.6 Å². The number of thiophene rings is 2. The molecule has 0 amide bonds. The quantitative estimate of drug-likeness (QED) is 0.113. The highest BCUT2D eigenvalue weighted by Gasteiger charge is 2.41. The van der Waals surface area contributed by atoms with Crippen LogP contribution in [0.5, 0.6) is 0 Å². The largest absolute Gasteiger partial charge is 0.486 e. The second-order valence-corrected chi connectivity index (χ2v) is 15.5. The number of hydrogen-bond acceptors (Lipinski definition) is 4. The molecule has 1 aliphatic rings. The van der Waals surface area contributed by atoms with Gasteiger partial charge in [-0.2, -0.15) is 0 Å². The molecule has 0 radical (unpaired) electrons. The predicted molar refractivity (Wildman–Crippen MR) is 221 cm³/mol. The zero-order valence-corrected chi connectivity index (χ0v) is 31.3. The first kappa shape index (κ1) is 34.2. The minimum absolute atomic E-state index is 0.0996. The Morgan fingerprint density at radius 3 is 1.89 bits per heavy atom. The Kier molecular flexibility index (Phi) is 8.95. The molecular weight excluding hydrogens is 691 g/mol. The van der Waals surface area contributed by atoms with Gasteiger partial charge in [-0.1, -0.05) is 68.4 Å². The van der Waals surface area contributed by atoms with E-state index < -0.39 is 5.97 Å². The number of aromatic nitrogens is 1. The summed E-state index contributed by atoms with van der Waals surface area (Å²) in [6.45, 7) is 11.8. The molecule has 1 N–H and O–H groups in total. The zero-order valence-electron chi connectivity index (χ0n) is 29.7. The summed E-state index contributed by atoms with van der Waals surface area (Å²) < 4.78 is 2.19. The van der Waals surface area contributed by atoms with Gasteiger partial charge in [-0.05, 0) is 126 Å². The lowest BCUT2D eigenvalue weighted by atomic mass is 9.73. The molecule has 7 aromatic rings. The summed E-state index contributed by atoms with van der Waals surface area (Å²) in [5.74, 6) is -1.21. The number of anilines is 3. The molecule has 0 spiro atoms. The molecule has 0 bridgehead atoms. The molecule has 0 saturated carbocycles. The monoisotopic (exact) mass is 727 g/mol. The summed E-state index contributed by atoms with van der Waals surface area (Å²) in [5.41, 5.74) is 11.9. The standard InChI is InChI=1S/C46H37N3O2S2/c1-5-46(6-2)37-27-30(42-25-26-44(53-42)41-23-22-40(48(41)4)43-24-19-34(52-43)29-39(47-3)45(50)51)17-20-35(37)36-21-18-33(28-38(36)46)49(31-13-9-7-10-14-31)32-15-11-8-12-16-32/h7-29H,5-6H2,1-2,4H3,(H,50,51). The van der Waals surface area contributed by atoms with Gasteiger partial charge < -0.3 is 14.6 Å². The van der Waals surface area contributed by atoms with Gasteiger partial charge in [-0.3, -0.25) is 4.79 Å². The Hall–Kier alpha value is -5.94. The minimum Gasteiger partial charge on any atom is -0.486 e. The highest BCUT2D eigenvalue weighted by Crippen LogP contribution is 2.55. The van der Waals surface area contributed by atoms with Crippen molar-refractivity contribution in [2.45, 2.75) is 32.1 Å². The molecule has 7 heteroatoms. The Bertz CT molecular complexity index is 2510. The maximum atomic E-state index is 11.3. The summed E-state index contributed by atoms with van der Waals surface area (Å²) >= 11 is 3.27. The van der Waals surface area contributed by atoms with Gasteiger partial charge in [0, 0.05) is 39.3 Å². The van der Waals surface area contributed by atoms with Crippen LogP contribution in [0.3, 0.4) is 0 Å². The van der Waals surface area contributed by atoms with Gasteiger partial charge in [0.15, 0.2) is 0 Å². The topological polar surface area (TPSA) is 49.8 Å². The van der Waals surface area contributed by atoms with Crippen molar-refractivity contribution < 1.29 is 9.90 Å². The van der Waals surface area contributed by atoms with Gasteiger partial charge in [-0.25, -0.2) is 4.85 Å². The Morgan fingerprint density at radius 2 is 1.28 bits per heavy atom. The van der Waals surface area contributed by atoms with E-state index in [1.165, 1.54) is 55.0 Å². The van der Waals surface area contributed by atoms with Gasteiger partial charge in [0.1, 0.15) is 0 Å². The SMILES string of the molecule is [C-]#[N+]C(=Cc1ccc(-c2ccc(-c3ccc(-c4ccc5c(c4)C(CC)(CC)c4cc(N(c6ccccc6)c6ccccc6)ccc4-5)s3)n2C)s1)C(=O)O. The molecule has 4 aromatic carbocycles. The average molecular weight is 728 g/mol. The molecule has 3 heterocycles. The minimum atomic E-state index is -1.21. The molecule has 1 aliphatic carbocycles. The third-order valence-corrected chi connectivity index (χ3v) is 12.8. The highest BCUT2D eigenvalue weighted by atomic mass is 32.1. The van der Waals surface area contributed by atoms with Crippen molar-refractivity contribution >= 4 is 51.8 Å². The van der Waals surface area contributed by atoms with Crippen LogP contribution in [-0.2, 0) is 17.3 Å². The summed E-state index contributed by atoms with van der Waals surface area (Å²) in [4.78, 5) is 21.0. The number of carboxylic acids is 1. The zero-order chi connectivity index (χ0) is 36.7. The summed E-state index contributed by atoms with van der Waals surface area (Å²) in [6, 6.07) is 47.8. The summed E-state index contributed by atoms with van der Waals surface area (Å²) in [6.07, 6.45) is 3.44. The van der Waals surface area contributed by atoms with Gasteiger partial charge in [-0.15, -0.1) is 22.7 Å².